The summed E-state index contributed by atoms with van der Waals surface area (Å²) in [6.45, 7) is 1.03. The molecule has 8 heteroatoms. The van der Waals surface area contributed by atoms with Crippen molar-refractivity contribution in [3.05, 3.63) is 76.0 Å². The molecular weight excluding hydrogens is 411 g/mol. The minimum absolute atomic E-state index is 0.103. The van der Waals surface area contributed by atoms with Gasteiger partial charge in [-0.1, -0.05) is 18.6 Å². The zero-order valence-electron chi connectivity index (χ0n) is 17.6. The number of rotatable bonds is 9. The number of hydrogen-bond donors (Lipinski definition) is 2. The molecule has 1 aromatic heterocycles. The van der Waals surface area contributed by atoms with E-state index in [1.165, 1.54) is 31.4 Å². The number of nitrogens with zero attached hydrogens (tertiary/aromatic N) is 2. The van der Waals surface area contributed by atoms with Gasteiger partial charge in [-0.05, 0) is 60.7 Å². The average Bonchev–Trinajstić information content (AvgIpc) is 2.77. The van der Waals surface area contributed by atoms with Crippen molar-refractivity contribution in [2.75, 3.05) is 6.61 Å². The molecule has 3 aromatic rings. The number of carbonyl (C=O) groups excluding carboxylic acids is 1. The van der Waals surface area contributed by atoms with Gasteiger partial charge in [-0.3, -0.25) is 9.59 Å². The number of aromatic amines is 1. The first-order chi connectivity index (χ1) is 15.6. The number of H-pyrrole nitrogens is 1. The fraction of sp³-hybridized carbons (Fsp3) is 0.333. The number of halogens is 1. The number of amides is 1. The largest absolute Gasteiger partial charge is 0.493 e. The Bertz CT molecular complexity index is 1110. The summed E-state index contributed by atoms with van der Waals surface area (Å²) in [4.78, 5) is 27.1. The van der Waals surface area contributed by atoms with Crippen molar-refractivity contribution >= 4 is 5.91 Å². The molecule has 0 spiro atoms. The number of ether oxygens (including phenoxy) is 1. The number of carbonyl (C=O) groups is 1. The molecule has 1 aliphatic rings. The van der Waals surface area contributed by atoms with Crippen molar-refractivity contribution < 1.29 is 13.9 Å². The first-order valence-corrected chi connectivity index (χ1v) is 10.8. The van der Waals surface area contributed by atoms with Crippen LogP contribution in [0.5, 0.6) is 5.75 Å². The van der Waals surface area contributed by atoms with E-state index in [1.54, 1.807) is 12.1 Å². The minimum Gasteiger partial charge on any atom is -0.493 e. The van der Waals surface area contributed by atoms with Gasteiger partial charge in [-0.2, -0.15) is 0 Å². The van der Waals surface area contributed by atoms with Crippen molar-refractivity contribution in [3.63, 3.8) is 0 Å². The van der Waals surface area contributed by atoms with Crippen molar-refractivity contribution in [1.82, 2.24) is 20.5 Å². The second-order valence-electron chi connectivity index (χ2n) is 7.98. The second-order valence-corrected chi connectivity index (χ2v) is 7.98. The number of hydrogen-bond acceptors (Lipinski definition) is 5. The first kappa shape index (κ1) is 21.7. The molecule has 0 atom stereocenters. The average molecular weight is 436 g/mol. The van der Waals surface area contributed by atoms with E-state index in [0.29, 0.717) is 18.3 Å². The SMILES string of the molecule is O=C(CCc1nnc(-c2ccc(OCC3CCC3)cc2)[nH]c1=O)NCc1ccc(F)cc1. The highest BCUT2D eigenvalue weighted by molar-refractivity contribution is 5.76. The maximum Gasteiger partial charge on any atom is 0.273 e. The summed E-state index contributed by atoms with van der Waals surface area (Å²) in [6.07, 6.45) is 4.03. The molecule has 0 aliphatic heterocycles. The van der Waals surface area contributed by atoms with Crippen LogP contribution in [0.4, 0.5) is 4.39 Å². The fourth-order valence-corrected chi connectivity index (χ4v) is 3.36. The summed E-state index contributed by atoms with van der Waals surface area (Å²) in [5.74, 6) is 1.27. The Morgan fingerprint density at radius 3 is 2.50 bits per heavy atom. The topological polar surface area (TPSA) is 97.0 Å². The van der Waals surface area contributed by atoms with Gasteiger partial charge >= 0.3 is 0 Å². The van der Waals surface area contributed by atoms with Gasteiger partial charge in [0, 0.05) is 24.9 Å². The van der Waals surface area contributed by atoms with Gasteiger partial charge in [0.25, 0.3) is 5.56 Å². The van der Waals surface area contributed by atoms with Gasteiger partial charge in [0.05, 0.1) is 6.61 Å². The number of nitrogens with one attached hydrogen (secondary N) is 2. The van der Waals surface area contributed by atoms with Crippen molar-refractivity contribution in [2.24, 2.45) is 5.92 Å². The quantitative estimate of drug-likeness (QED) is 0.536. The van der Waals surface area contributed by atoms with Gasteiger partial charge in [-0.15, -0.1) is 10.2 Å². The van der Waals surface area contributed by atoms with Crippen LogP contribution in [0.2, 0.25) is 0 Å². The minimum atomic E-state index is -0.369. The molecule has 1 heterocycles. The van der Waals surface area contributed by atoms with Crippen LogP contribution in [0.15, 0.2) is 53.3 Å². The van der Waals surface area contributed by atoms with Crippen LogP contribution in [-0.4, -0.2) is 27.7 Å². The van der Waals surface area contributed by atoms with E-state index in [4.69, 9.17) is 4.74 Å². The van der Waals surface area contributed by atoms with E-state index in [0.717, 1.165) is 23.5 Å². The monoisotopic (exact) mass is 436 g/mol. The Balaban J connectivity index is 1.28. The van der Waals surface area contributed by atoms with E-state index in [1.807, 2.05) is 24.3 Å². The molecule has 1 amide bonds. The molecule has 0 unspecified atom stereocenters. The van der Waals surface area contributed by atoms with Gasteiger partial charge < -0.3 is 15.0 Å². The van der Waals surface area contributed by atoms with Gasteiger partial charge in [0.15, 0.2) is 5.82 Å². The van der Waals surface area contributed by atoms with Crippen LogP contribution in [-0.2, 0) is 17.8 Å². The molecule has 166 valence electrons. The lowest BCUT2D eigenvalue weighted by molar-refractivity contribution is -0.121. The second kappa shape index (κ2) is 10.2. The Morgan fingerprint density at radius 1 is 1.09 bits per heavy atom. The van der Waals surface area contributed by atoms with Gasteiger partial charge in [0.1, 0.15) is 17.3 Å². The molecular formula is C24H25FN4O3. The molecule has 7 nitrogen and oxygen atoms in total. The molecule has 4 rings (SSSR count). The molecule has 1 saturated carbocycles. The summed E-state index contributed by atoms with van der Waals surface area (Å²) >= 11 is 0. The number of benzene rings is 2. The summed E-state index contributed by atoms with van der Waals surface area (Å²) < 4.78 is 18.7. The standard InChI is InChI=1S/C24H25FN4O3/c25-19-8-4-16(5-9-19)14-26-22(30)13-12-21-24(31)27-23(29-28-21)18-6-10-20(11-7-18)32-15-17-2-1-3-17/h4-11,17H,1-3,12-15H2,(H,26,30)(H,27,29,31). The maximum absolute atomic E-state index is 12.9. The smallest absolute Gasteiger partial charge is 0.273 e. The van der Waals surface area contributed by atoms with E-state index in [-0.39, 0.29) is 35.8 Å². The Labute approximate surface area is 185 Å². The third-order valence-electron chi connectivity index (χ3n) is 5.59. The zero-order valence-corrected chi connectivity index (χ0v) is 17.6. The predicted octanol–water partition coefficient (Wildman–Crippen LogP) is 3.40. The van der Waals surface area contributed by atoms with E-state index in [2.05, 4.69) is 20.5 Å². The summed E-state index contributed by atoms with van der Waals surface area (Å²) in [6, 6.07) is 13.3. The fourth-order valence-electron chi connectivity index (χ4n) is 3.36. The summed E-state index contributed by atoms with van der Waals surface area (Å²) in [7, 11) is 0. The number of aromatic nitrogens is 3. The van der Waals surface area contributed by atoms with Crippen LogP contribution in [0.25, 0.3) is 11.4 Å². The predicted molar refractivity (Wildman–Crippen MR) is 117 cm³/mol. The lowest BCUT2D eigenvalue weighted by Gasteiger charge is -2.25. The van der Waals surface area contributed by atoms with Crippen LogP contribution in [0, 0.1) is 11.7 Å². The lowest BCUT2D eigenvalue weighted by atomic mass is 9.86. The third kappa shape index (κ3) is 5.78. The molecule has 0 radical (unpaired) electrons. The van der Waals surface area contributed by atoms with Crippen molar-refractivity contribution in [3.8, 4) is 17.1 Å². The van der Waals surface area contributed by atoms with Crippen LogP contribution in [0.1, 0.15) is 36.9 Å². The van der Waals surface area contributed by atoms with Gasteiger partial charge in [0.2, 0.25) is 5.91 Å². The molecule has 1 aliphatic carbocycles. The molecule has 2 N–H and O–H groups in total. The molecule has 1 fully saturated rings. The van der Waals surface area contributed by atoms with Crippen molar-refractivity contribution in [2.45, 2.75) is 38.6 Å². The molecule has 2 aromatic carbocycles. The Morgan fingerprint density at radius 2 is 1.84 bits per heavy atom. The zero-order chi connectivity index (χ0) is 22.3. The van der Waals surface area contributed by atoms with Crippen LogP contribution in [0.3, 0.4) is 0 Å². The van der Waals surface area contributed by atoms with E-state index >= 15 is 0 Å². The van der Waals surface area contributed by atoms with E-state index < -0.39 is 0 Å². The molecule has 32 heavy (non-hydrogen) atoms. The van der Waals surface area contributed by atoms with Crippen molar-refractivity contribution in [1.29, 1.82) is 0 Å². The summed E-state index contributed by atoms with van der Waals surface area (Å²) in [5, 5.41) is 10.9. The lowest BCUT2D eigenvalue weighted by Crippen LogP contribution is -2.25. The van der Waals surface area contributed by atoms with Crippen LogP contribution >= 0.6 is 0 Å². The Hall–Kier alpha value is -3.55. The first-order valence-electron chi connectivity index (χ1n) is 10.8. The van der Waals surface area contributed by atoms with E-state index in [9.17, 15) is 14.0 Å². The Kier molecular flexibility index (Phi) is 6.89. The van der Waals surface area contributed by atoms with Gasteiger partial charge in [-0.25, -0.2) is 4.39 Å². The van der Waals surface area contributed by atoms with Crippen LogP contribution < -0.4 is 15.6 Å². The number of aryl methyl sites for hydroxylation is 1. The molecule has 0 saturated heterocycles. The highest BCUT2D eigenvalue weighted by Crippen LogP contribution is 2.27. The normalized spacial score (nSPS) is 13.4. The maximum atomic E-state index is 12.9. The highest BCUT2D eigenvalue weighted by Gasteiger charge is 2.18. The molecule has 0 bridgehead atoms. The third-order valence-corrected chi connectivity index (χ3v) is 5.59. The summed E-state index contributed by atoms with van der Waals surface area (Å²) in [5.41, 5.74) is 1.35. The highest BCUT2D eigenvalue weighted by atomic mass is 19.1.